The van der Waals surface area contributed by atoms with Crippen LogP contribution in [0.4, 0.5) is 5.82 Å². The Bertz CT molecular complexity index is 922. The smallest absolute Gasteiger partial charge is 0.258 e. The molecule has 1 unspecified atom stereocenters. The van der Waals surface area contributed by atoms with Crippen molar-refractivity contribution in [3.8, 4) is 0 Å². The van der Waals surface area contributed by atoms with E-state index in [1.807, 2.05) is 0 Å². The van der Waals surface area contributed by atoms with Crippen LogP contribution in [0.25, 0.3) is 0 Å². The van der Waals surface area contributed by atoms with Crippen molar-refractivity contribution in [2.24, 2.45) is 0 Å². The van der Waals surface area contributed by atoms with Gasteiger partial charge in [-0.25, -0.2) is 8.42 Å². The fourth-order valence-corrected chi connectivity index (χ4v) is 4.15. The van der Waals surface area contributed by atoms with Crippen molar-refractivity contribution in [2.45, 2.75) is 19.4 Å². The van der Waals surface area contributed by atoms with Crippen molar-refractivity contribution in [2.75, 3.05) is 16.8 Å². The lowest BCUT2D eigenvalue weighted by Crippen LogP contribution is -2.35. The number of carbonyl (C=O) groups excluding carboxylic acids is 2. The third-order valence-electron chi connectivity index (χ3n) is 3.70. The summed E-state index contributed by atoms with van der Waals surface area (Å²) in [6.45, 7) is 1.69. The van der Waals surface area contributed by atoms with Gasteiger partial charge < -0.3 is 15.2 Å². The lowest BCUT2D eigenvalue weighted by molar-refractivity contribution is 0.0940. The Morgan fingerprint density at radius 1 is 1.20 bits per heavy atom. The van der Waals surface area contributed by atoms with Gasteiger partial charge in [0.2, 0.25) is 0 Å². The third kappa shape index (κ3) is 4.21. The van der Waals surface area contributed by atoms with E-state index in [1.165, 1.54) is 18.5 Å². The first-order chi connectivity index (χ1) is 11.8. The lowest BCUT2D eigenvalue weighted by Gasteiger charge is -2.11. The normalized spacial score (nSPS) is 18.7. The van der Waals surface area contributed by atoms with Gasteiger partial charge in [0.25, 0.3) is 11.8 Å². The van der Waals surface area contributed by atoms with E-state index in [2.05, 4.69) is 20.8 Å². The van der Waals surface area contributed by atoms with Gasteiger partial charge in [-0.2, -0.15) is 0 Å². The highest BCUT2D eigenvalue weighted by molar-refractivity contribution is 7.91. The molecule has 9 nitrogen and oxygen atoms in total. The minimum absolute atomic E-state index is 0.0652. The van der Waals surface area contributed by atoms with Gasteiger partial charge in [0.1, 0.15) is 5.76 Å². The van der Waals surface area contributed by atoms with Crippen molar-refractivity contribution in [1.29, 1.82) is 0 Å². The summed E-state index contributed by atoms with van der Waals surface area (Å²) >= 11 is 0. The SMILES string of the molecule is Cc1cc(NC(=O)c2cncc(C(=O)NC3CCS(=O)(=O)C3)c2)no1. The van der Waals surface area contributed by atoms with E-state index in [9.17, 15) is 18.0 Å². The maximum absolute atomic E-state index is 12.2. The van der Waals surface area contributed by atoms with Gasteiger partial charge in [-0.15, -0.1) is 0 Å². The summed E-state index contributed by atoms with van der Waals surface area (Å²) in [5, 5.41) is 8.84. The van der Waals surface area contributed by atoms with Gasteiger partial charge in [-0.05, 0) is 19.4 Å². The average Bonchev–Trinajstić information content (AvgIpc) is 3.12. The Morgan fingerprint density at radius 2 is 1.92 bits per heavy atom. The number of anilines is 1. The molecule has 3 rings (SSSR count). The number of hydrogen-bond acceptors (Lipinski definition) is 7. The van der Waals surface area contributed by atoms with E-state index in [-0.39, 0.29) is 28.5 Å². The fraction of sp³-hybridized carbons (Fsp3) is 0.333. The van der Waals surface area contributed by atoms with Gasteiger partial charge in [0, 0.05) is 24.5 Å². The number of nitrogens with one attached hydrogen (secondary N) is 2. The largest absolute Gasteiger partial charge is 0.360 e. The molecule has 132 valence electrons. The molecule has 1 atom stereocenters. The molecule has 25 heavy (non-hydrogen) atoms. The van der Waals surface area contributed by atoms with Crippen LogP contribution >= 0.6 is 0 Å². The predicted octanol–water partition coefficient (Wildman–Crippen LogP) is 0.547. The van der Waals surface area contributed by atoms with E-state index in [0.29, 0.717) is 12.2 Å². The van der Waals surface area contributed by atoms with Crippen molar-refractivity contribution < 1.29 is 22.5 Å². The van der Waals surface area contributed by atoms with Crippen LogP contribution in [0.1, 0.15) is 32.9 Å². The van der Waals surface area contributed by atoms with E-state index >= 15 is 0 Å². The number of hydrogen-bond donors (Lipinski definition) is 2. The number of aryl methyl sites for hydroxylation is 1. The zero-order valence-electron chi connectivity index (χ0n) is 13.4. The van der Waals surface area contributed by atoms with Crippen LogP contribution in [0.5, 0.6) is 0 Å². The fourth-order valence-electron chi connectivity index (χ4n) is 2.48. The zero-order valence-corrected chi connectivity index (χ0v) is 14.2. The van der Waals surface area contributed by atoms with E-state index in [1.54, 1.807) is 13.0 Å². The topological polar surface area (TPSA) is 131 Å². The quantitative estimate of drug-likeness (QED) is 0.809. The highest BCUT2D eigenvalue weighted by Crippen LogP contribution is 2.13. The van der Waals surface area contributed by atoms with E-state index in [0.717, 1.165) is 0 Å². The molecule has 2 aromatic heterocycles. The molecular weight excluding hydrogens is 348 g/mol. The monoisotopic (exact) mass is 364 g/mol. The Balaban J connectivity index is 1.68. The van der Waals surface area contributed by atoms with Gasteiger partial charge >= 0.3 is 0 Å². The molecule has 0 saturated carbocycles. The number of pyridine rings is 1. The third-order valence-corrected chi connectivity index (χ3v) is 5.47. The summed E-state index contributed by atoms with van der Waals surface area (Å²) in [5.74, 6) is -0.157. The Morgan fingerprint density at radius 3 is 2.52 bits per heavy atom. The molecule has 3 heterocycles. The molecule has 2 aromatic rings. The molecule has 2 N–H and O–H groups in total. The van der Waals surface area contributed by atoms with Gasteiger partial charge in [0.05, 0.1) is 22.6 Å². The summed E-state index contributed by atoms with van der Waals surface area (Å²) < 4.78 is 27.8. The zero-order chi connectivity index (χ0) is 18.0. The van der Waals surface area contributed by atoms with Gasteiger partial charge in [0.15, 0.2) is 15.7 Å². The van der Waals surface area contributed by atoms with Crippen molar-refractivity contribution in [3.05, 3.63) is 41.4 Å². The maximum atomic E-state index is 12.2. The molecule has 0 aliphatic carbocycles. The van der Waals surface area contributed by atoms with Crippen molar-refractivity contribution >= 4 is 27.5 Å². The second-order valence-electron chi connectivity index (χ2n) is 5.81. The van der Waals surface area contributed by atoms with Crippen LogP contribution in [-0.2, 0) is 9.84 Å². The molecule has 1 aliphatic rings. The first kappa shape index (κ1) is 17.1. The summed E-state index contributed by atoms with van der Waals surface area (Å²) in [5.41, 5.74) is 0.348. The predicted molar refractivity (Wildman–Crippen MR) is 88.0 cm³/mol. The summed E-state index contributed by atoms with van der Waals surface area (Å²) in [6.07, 6.45) is 3.02. The van der Waals surface area contributed by atoms with Crippen molar-refractivity contribution in [3.63, 3.8) is 0 Å². The molecule has 1 saturated heterocycles. The molecule has 1 fully saturated rings. The van der Waals surface area contributed by atoms with Crippen LogP contribution in [-0.4, -0.2) is 47.9 Å². The second-order valence-corrected chi connectivity index (χ2v) is 8.04. The minimum atomic E-state index is -3.09. The number of rotatable bonds is 4. The van der Waals surface area contributed by atoms with E-state index in [4.69, 9.17) is 4.52 Å². The molecular formula is C15H16N4O5S. The first-order valence-electron chi connectivity index (χ1n) is 7.53. The molecule has 0 spiro atoms. The number of carbonyl (C=O) groups is 2. The Labute approximate surface area is 143 Å². The maximum Gasteiger partial charge on any atom is 0.258 e. The molecule has 0 radical (unpaired) electrons. The molecule has 1 aliphatic heterocycles. The molecule has 0 bridgehead atoms. The second kappa shape index (κ2) is 6.63. The highest BCUT2D eigenvalue weighted by atomic mass is 32.2. The highest BCUT2D eigenvalue weighted by Gasteiger charge is 2.29. The number of aromatic nitrogens is 2. The number of nitrogens with zero attached hydrogens (tertiary/aromatic N) is 2. The number of sulfone groups is 1. The van der Waals surface area contributed by atoms with Gasteiger partial charge in [-0.1, -0.05) is 5.16 Å². The van der Waals surface area contributed by atoms with Crippen LogP contribution < -0.4 is 10.6 Å². The average molecular weight is 364 g/mol. The van der Waals surface area contributed by atoms with Crippen LogP contribution in [0.2, 0.25) is 0 Å². The number of amides is 2. The van der Waals surface area contributed by atoms with Crippen molar-refractivity contribution in [1.82, 2.24) is 15.5 Å². The Kier molecular flexibility index (Phi) is 4.53. The van der Waals surface area contributed by atoms with Crippen LogP contribution in [0.15, 0.2) is 29.0 Å². The molecule has 10 heteroatoms. The first-order valence-corrected chi connectivity index (χ1v) is 9.35. The summed E-state index contributed by atoms with van der Waals surface area (Å²) in [6, 6.07) is 2.52. The van der Waals surface area contributed by atoms with Crippen LogP contribution in [0, 0.1) is 6.92 Å². The Hall–Kier alpha value is -2.75. The standard InChI is InChI=1S/C15H16N4O5S/c1-9-4-13(19-24-9)18-15(21)11-5-10(6-16-7-11)14(20)17-12-2-3-25(22,23)8-12/h4-7,12H,2-3,8H2,1H3,(H,17,20)(H,18,19,21). The summed E-state index contributed by atoms with van der Waals surface area (Å²) in [4.78, 5) is 28.3. The molecule has 0 aromatic carbocycles. The van der Waals surface area contributed by atoms with E-state index < -0.39 is 27.7 Å². The van der Waals surface area contributed by atoms with Crippen LogP contribution in [0.3, 0.4) is 0 Å². The summed E-state index contributed by atoms with van der Waals surface area (Å²) in [7, 11) is -3.09. The minimum Gasteiger partial charge on any atom is -0.360 e. The lowest BCUT2D eigenvalue weighted by atomic mass is 10.1. The van der Waals surface area contributed by atoms with Gasteiger partial charge in [-0.3, -0.25) is 14.6 Å². The molecule has 2 amide bonds.